The fourth-order valence-electron chi connectivity index (χ4n) is 1.06. The van der Waals surface area contributed by atoms with Gasteiger partial charge in [0.1, 0.15) is 7.31 Å². The molecular weight excluding hydrogens is 133 g/mol. The number of nitrogens with zero attached hydrogens (tertiary/aromatic N) is 2. The molecule has 11 heavy (non-hydrogen) atoms. The summed E-state index contributed by atoms with van der Waals surface area (Å²) in [6.07, 6.45) is 0. The Morgan fingerprint density at radius 1 is 1.18 bits per heavy atom. The van der Waals surface area contributed by atoms with E-state index < -0.39 is 0 Å². The van der Waals surface area contributed by atoms with Crippen LogP contribution in [0.15, 0.2) is 0 Å². The second-order valence-corrected chi connectivity index (χ2v) is 2.61. The Morgan fingerprint density at radius 3 is 2.36 bits per heavy atom. The maximum absolute atomic E-state index is 5.58. The van der Waals surface area contributed by atoms with Crippen molar-refractivity contribution in [3.8, 4) is 0 Å². The Hall–Kier alpha value is 0.140. The number of hydrazine groups is 1. The van der Waals surface area contributed by atoms with Gasteiger partial charge in [-0.3, -0.25) is 5.84 Å². The van der Waals surface area contributed by atoms with Crippen LogP contribution in [0, 0.1) is 0 Å². The van der Waals surface area contributed by atoms with Crippen LogP contribution in [0.4, 0.5) is 0 Å². The van der Waals surface area contributed by atoms with Gasteiger partial charge in [-0.05, 0) is 0 Å². The van der Waals surface area contributed by atoms with E-state index in [0.29, 0.717) is 0 Å². The molecule has 0 aliphatic carbocycles. The van der Waals surface area contributed by atoms with E-state index in [1.807, 2.05) is 19.4 Å². The predicted octanol–water partition coefficient (Wildman–Crippen LogP) is -2.58. The molecule has 2 N–H and O–H groups in total. The first-order valence-electron chi connectivity index (χ1n) is 3.78. The lowest BCUT2D eigenvalue weighted by Crippen LogP contribution is -2.51. The Morgan fingerprint density at radius 2 is 1.82 bits per heavy atom. The number of rotatable bonds is 3. The highest BCUT2D eigenvalue weighted by Gasteiger charge is 2.12. The van der Waals surface area contributed by atoms with Crippen LogP contribution in [-0.2, 0) is 0 Å². The van der Waals surface area contributed by atoms with Gasteiger partial charge in [-0.15, -0.1) is 0 Å². The average Bonchev–Trinajstić information content (AvgIpc) is 2.04. The minimum Gasteiger partial charge on any atom is -0.354 e. The molecule has 7 heteroatoms. The molecule has 0 atom stereocenters. The Labute approximate surface area is 71.7 Å². The maximum Gasteiger partial charge on any atom is 0.148 e. The van der Waals surface area contributed by atoms with Crippen LogP contribution in [0.1, 0.15) is 0 Å². The first kappa shape index (κ1) is 9.23. The molecule has 1 saturated heterocycles. The average molecular weight is 143 g/mol. The Bertz CT molecular complexity index is 103. The van der Waals surface area contributed by atoms with E-state index in [2.05, 4.69) is 4.81 Å². The van der Waals surface area contributed by atoms with E-state index in [1.54, 1.807) is 0 Å². The van der Waals surface area contributed by atoms with E-state index in [0.717, 1.165) is 26.2 Å². The van der Waals surface area contributed by atoms with Gasteiger partial charge >= 0.3 is 0 Å². The quantitative estimate of drug-likeness (QED) is 0.348. The summed E-state index contributed by atoms with van der Waals surface area (Å²) in [5.74, 6) is 5.58. The monoisotopic (exact) mass is 144 g/mol. The van der Waals surface area contributed by atoms with E-state index in [4.69, 9.17) is 13.6 Å². The van der Waals surface area contributed by atoms with Crippen LogP contribution in [0.2, 0.25) is 0 Å². The van der Waals surface area contributed by atoms with Crippen LogP contribution in [0.25, 0.3) is 0 Å². The third-order valence-corrected chi connectivity index (χ3v) is 1.76. The normalized spacial score (nSPS) is 21.2. The van der Waals surface area contributed by atoms with Gasteiger partial charge in [-0.25, -0.2) is 5.01 Å². The lowest BCUT2D eigenvalue weighted by molar-refractivity contribution is 0.194. The minimum absolute atomic E-state index is 0.926. The van der Waals surface area contributed by atoms with Crippen LogP contribution in [0.3, 0.4) is 0 Å². The van der Waals surface area contributed by atoms with Crippen LogP contribution < -0.4 is 5.84 Å². The first-order valence-corrected chi connectivity index (χ1v) is 3.78. The van der Waals surface area contributed by atoms with Gasteiger partial charge in [0, 0.05) is 48.0 Å². The highest BCUT2D eigenvalue weighted by Crippen LogP contribution is 1.93. The molecule has 0 bridgehead atoms. The molecule has 0 aromatic heterocycles. The number of piperazine rings is 1. The van der Waals surface area contributed by atoms with Crippen molar-refractivity contribution in [3.05, 3.63) is 0 Å². The highest BCUT2D eigenvalue weighted by molar-refractivity contribution is 7.40. The fourth-order valence-corrected chi connectivity index (χ4v) is 1.06. The van der Waals surface area contributed by atoms with Crippen molar-refractivity contribution in [2.75, 3.05) is 26.2 Å². The minimum atomic E-state index is 0.926. The smallest absolute Gasteiger partial charge is 0.148 e. The first-order chi connectivity index (χ1) is 5.33. The van der Waals surface area contributed by atoms with Gasteiger partial charge < -0.3 is 4.81 Å². The Balaban J connectivity index is 2.07. The molecule has 0 spiro atoms. The summed E-state index contributed by atoms with van der Waals surface area (Å²) in [5, 5.41) is 1.83. The molecule has 1 fully saturated rings. The fraction of sp³-hybridized carbons (Fsp3) is 1.00. The van der Waals surface area contributed by atoms with E-state index in [1.165, 1.54) is 7.06 Å². The standard InChI is InChI=1S/C4H10B4N3/c5-6-7-8-10-1-3-11(9)4-2-10/h1-4,9H2. The van der Waals surface area contributed by atoms with Crippen LogP contribution in [-0.4, -0.2) is 65.2 Å². The summed E-state index contributed by atoms with van der Waals surface area (Å²) in [4.78, 5) is 2.20. The topological polar surface area (TPSA) is 32.5 Å². The molecule has 0 saturated carbocycles. The van der Waals surface area contributed by atoms with Crippen LogP contribution >= 0.6 is 0 Å². The number of nitrogens with two attached hydrogens (primary N) is 1. The van der Waals surface area contributed by atoms with Crippen molar-refractivity contribution in [1.82, 2.24) is 9.82 Å². The van der Waals surface area contributed by atoms with E-state index in [-0.39, 0.29) is 0 Å². The lowest BCUT2D eigenvalue weighted by atomic mass is 9.16. The number of hydrogen-bond donors (Lipinski definition) is 1. The third-order valence-electron chi connectivity index (χ3n) is 1.76. The van der Waals surface area contributed by atoms with Crippen molar-refractivity contribution in [3.63, 3.8) is 0 Å². The molecule has 0 unspecified atom stereocenters. The molecular formula is C4H10B4N3. The summed E-state index contributed by atoms with van der Waals surface area (Å²) in [6, 6.07) is 0. The summed E-state index contributed by atoms with van der Waals surface area (Å²) in [7, 11) is 10.6. The lowest BCUT2D eigenvalue weighted by Gasteiger charge is -2.32. The largest absolute Gasteiger partial charge is 0.354 e. The van der Waals surface area contributed by atoms with Gasteiger partial charge in [0.2, 0.25) is 0 Å². The molecule has 1 aliphatic heterocycles. The third kappa shape index (κ3) is 3.36. The van der Waals surface area contributed by atoms with E-state index >= 15 is 0 Å². The predicted molar refractivity (Wildman–Crippen MR) is 50.3 cm³/mol. The van der Waals surface area contributed by atoms with Gasteiger partial charge in [0.15, 0.2) is 0 Å². The summed E-state index contributed by atoms with van der Waals surface area (Å²) >= 11 is 0. The SMILES string of the molecule is [B][B][B][B]N1CCN(N)CC1. The molecule has 0 aromatic carbocycles. The van der Waals surface area contributed by atoms with Gasteiger partial charge in [-0.1, -0.05) is 0 Å². The van der Waals surface area contributed by atoms with Crippen molar-refractivity contribution < 1.29 is 0 Å². The molecule has 53 valence electrons. The van der Waals surface area contributed by atoms with E-state index in [9.17, 15) is 0 Å². The second kappa shape index (κ2) is 4.91. The number of hydrogen-bond acceptors (Lipinski definition) is 3. The summed E-state index contributed by atoms with van der Waals surface area (Å²) in [5.41, 5.74) is 0. The van der Waals surface area contributed by atoms with Crippen molar-refractivity contribution in [2.45, 2.75) is 0 Å². The van der Waals surface area contributed by atoms with Crippen LogP contribution in [0.5, 0.6) is 0 Å². The molecule has 0 amide bonds. The molecule has 0 aromatic rings. The van der Waals surface area contributed by atoms with Gasteiger partial charge in [0.05, 0.1) is 0 Å². The zero-order valence-corrected chi connectivity index (χ0v) is 6.61. The molecule has 5 radical (unpaired) electrons. The van der Waals surface area contributed by atoms with Crippen molar-refractivity contribution >= 4 is 29.2 Å². The summed E-state index contributed by atoms with van der Waals surface area (Å²) in [6.45, 7) is 3.82. The second-order valence-electron chi connectivity index (χ2n) is 2.61. The van der Waals surface area contributed by atoms with Gasteiger partial charge in [0.25, 0.3) is 0 Å². The molecule has 3 nitrogen and oxygen atoms in total. The zero-order valence-electron chi connectivity index (χ0n) is 6.61. The van der Waals surface area contributed by atoms with Crippen molar-refractivity contribution in [2.24, 2.45) is 5.84 Å². The summed E-state index contributed by atoms with van der Waals surface area (Å²) < 4.78 is 0. The molecule has 1 aliphatic rings. The van der Waals surface area contributed by atoms with Gasteiger partial charge in [-0.2, -0.15) is 0 Å². The molecule has 1 heterocycles. The maximum atomic E-state index is 5.58. The zero-order chi connectivity index (χ0) is 8.10. The Kier molecular flexibility index (Phi) is 4.12. The molecule has 1 rings (SSSR count). The van der Waals surface area contributed by atoms with Crippen molar-refractivity contribution in [1.29, 1.82) is 0 Å². The highest BCUT2D eigenvalue weighted by atomic mass is 15.4.